The lowest BCUT2D eigenvalue weighted by Gasteiger charge is -2.25. The molecule has 2 heterocycles. The summed E-state index contributed by atoms with van der Waals surface area (Å²) in [6.07, 6.45) is 4.12. The number of nitrogens with zero attached hydrogens (tertiary/aromatic N) is 1. The van der Waals surface area contributed by atoms with Crippen molar-refractivity contribution in [2.24, 2.45) is 5.92 Å². The largest absolute Gasteiger partial charge is 0.496 e. The monoisotopic (exact) mass is 470 g/mol. The molecule has 2 aromatic heterocycles. The lowest BCUT2D eigenvalue weighted by Crippen LogP contribution is -2.52. The van der Waals surface area contributed by atoms with Crippen LogP contribution in [0.3, 0.4) is 0 Å². The Kier molecular flexibility index (Phi) is 8.35. The summed E-state index contributed by atoms with van der Waals surface area (Å²) in [7, 11) is 1.57. The summed E-state index contributed by atoms with van der Waals surface area (Å²) in [5.41, 5.74) is 0.870. The lowest BCUT2D eigenvalue weighted by atomic mass is 10.0. The molecule has 33 heavy (non-hydrogen) atoms. The second-order valence-electron chi connectivity index (χ2n) is 8.35. The first-order valence-electron chi connectivity index (χ1n) is 10.8. The number of pyridine rings is 1. The first-order valence-corrected chi connectivity index (χ1v) is 11.3. The molecular formula is C24H30N4O4S. The van der Waals surface area contributed by atoms with Crippen molar-refractivity contribution in [1.29, 1.82) is 0 Å². The number of fused-ring (bicyclic) bond motifs is 1. The molecule has 3 rings (SSSR count). The number of amides is 2. The van der Waals surface area contributed by atoms with Crippen molar-refractivity contribution < 1.29 is 19.4 Å². The van der Waals surface area contributed by atoms with Crippen LogP contribution >= 0.6 is 12.6 Å². The van der Waals surface area contributed by atoms with Crippen LogP contribution in [0, 0.1) is 5.92 Å². The number of hydrogen-bond acceptors (Lipinski definition) is 6. The van der Waals surface area contributed by atoms with Gasteiger partial charge < -0.3 is 25.5 Å². The molecule has 0 aliphatic carbocycles. The van der Waals surface area contributed by atoms with Crippen molar-refractivity contribution in [1.82, 2.24) is 20.6 Å². The number of aromatic amines is 1. The summed E-state index contributed by atoms with van der Waals surface area (Å²) in [6, 6.07) is 9.43. The van der Waals surface area contributed by atoms with E-state index in [1.807, 2.05) is 38.1 Å². The number of ether oxygens (including phenoxy) is 1. The Morgan fingerprint density at radius 3 is 2.64 bits per heavy atom. The fraction of sp³-hybridized carbons (Fsp3) is 0.375. The van der Waals surface area contributed by atoms with Gasteiger partial charge in [0.25, 0.3) is 5.91 Å². The molecule has 9 heteroatoms. The Morgan fingerprint density at radius 1 is 1.21 bits per heavy atom. The number of methoxy groups -OCH3 is 1. The molecule has 0 fully saturated rings. The number of aliphatic hydroxyl groups excluding tert-OH is 1. The predicted molar refractivity (Wildman–Crippen MR) is 130 cm³/mol. The van der Waals surface area contributed by atoms with Gasteiger partial charge in [-0.25, -0.2) is 0 Å². The Balaban J connectivity index is 1.75. The van der Waals surface area contributed by atoms with Crippen LogP contribution in [0.1, 0.15) is 36.3 Å². The number of thiol groups is 1. The SMILES string of the molecule is COc1cccc2[nH]c(C(=O)N[C@@H](CC(C)C)C(=O)N[C@@H](Cc3cccnc3)[C@H](O)S)cc12. The van der Waals surface area contributed by atoms with Crippen molar-refractivity contribution >= 4 is 35.3 Å². The van der Waals surface area contributed by atoms with Gasteiger partial charge in [0.2, 0.25) is 5.91 Å². The van der Waals surface area contributed by atoms with Crippen molar-refractivity contribution in [3.8, 4) is 5.75 Å². The topological polar surface area (TPSA) is 116 Å². The minimum absolute atomic E-state index is 0.154. The third-order valence-electron chi connectivity index (χ3n) is 5.28. The normalized spacial score (nSPS) is 14.0. The van der Waals surface area contributed by atoms with E-state index in [0.717, 1.165) is 16.5 Å². The van der Waals surface area contributed by atoms with E-state index in [2.05, 4.69) is 33.2 Å². The zero-order valence-electron chi connectivity index (χ0n) is 18.9. The molecular weight excluding hydrogens is 440 g/mol. The number of nitrogens with one attached hydrogen (secondary N) is 3. The van der Waals surface area contributed by atoms with E-state index in [4.69, 9.17) is 4.74 Å². The fourth-order valence-electron chi connectivity index (χ4n) is 3.65. The van der Waals surface area contributed by atoms with Crippen LogP contribution in [-0.2, 0) is 11.2 Å². The first kappa shape index (κ1) is 24.6. The molecule has 0 saturated carbocycles. The van der Waals surface area contributed by atoms with Gasteiger partial charge in [0.1, 0.15) is 22.9 Å². The predicted octanol–water partition coefficient (Wildman–Crippen LogP) is 2.69. The average Bonchev–Trinajstić information content (AvgIpc) is 3.23. The molecule has 0 spiro atoms. The number of H-pyrrole nitrogens is 1. The molecule has 3 atom stereocenters. The molecule has 0 aliphatic heterocycles. The van der Waals surface area contributed by atoms with Crippen LogP contribution in [0.15, 0.2) is 48.8 Å². The van der Waals surface area contributed by atoms with Crippen LogP contribution < -0.4 is 15.4 Å². The maximum atomic E-state index is 13.1. The van der Waals surface area contributed by atoms with Gasteiger partial charge in [-0.15, -0.1) is 12.6 Å². The van der Waals surface area contributed by atoms with E-state index < -0.39 is 23.4 Å². The molecule has 4 N–H and O–H groups in total. The second-order valence-corrected chi connectivity index (χ2v) is 8.88. The quantitative estimate of drug-likeness (QED) is 0.231. The Bertz CT molecular complexity index is 1080. The first-order chi connectivity index (χ1) is 15.8. The molecule has 3 aromatic rings. The van der Waals surface area contributed by atoms with E-state index >= 15 is 0 Å². The summed E-state index contributed by atoms with van der Waals surface area (Å²) in [6.45, 7) is 3.95. The number of aromatic nitrogens is 2. The van der Waals surface area contributed by atoms with Gasteiger partial charge in [-0.3, -0.25) is 14.6 Å². The van der Waals surface area contributed by atoms with Gasteiger partial charge in [0, 0.05) is 23.3 Å². The Labute approximate surface area is 198 Å². The zero-order chi connectivity index (χ0) is 24.0. The van der Waals surface area contributed by atoms with Gasteiger partial charge in [-0.2, -0.15) is 0 Å². The van der Waals surface area contributed by atoms with Gasteiger partial charge in [-0.05, 0) is 48.6 Å². The standard InChI is InChI=1S/C24H30N4O4S/c1-14(2)10-18(22(29)28-20(24(31)33)11-15-6-5-9-25-13-15)27-23(30)19-12-16-17(26-19)7-4-8-21(16)32-3/h4-9,12-14,18,20,24,26,31,33H,10-11H2,1-3H3,(H,27,30)(H,28,29)/t18-,20-,24+/m0/s1. The van der Waals surface area contributed by atoms with E-state index in [9.17, 15) is 14.7 Å². The summed E-state index contributed by atoms with van der Waals surface area (Å²) in [5.74, 6) is 0.0267. The smallest absolute Gasteiger partial charge is 0.268 e. The van der Waals surface area contributed by atoms with Gasteiger partial charge in [0.05, 0.1) is 13.2 Å². The van der Waals surface area contributed by atoms with Crippen LogP contribution in [0.4, 0.5) is 0 Å². The zero-order valence-corrected chi connectivity index (χ0v) is 19.8. The molecule has 8 nitrogen and oxygen atoms in total. The highest BCUT2D eigenvalue weighted by molar-refractivity contribution is 7.80. The number of aliphatic hydroxyl groups is 1. The van der Waals surface area contributed by atoms with Gasteiger partial charge in [0.15, 0.2) is 0 Å². The van der Waals surface area contributed by atoms with Gasteiger partial charge >= 0.3 is 0 Å². The number of carbonyl (C=O) groups excluding carboxylic acids is 2. The highest BCUT2D eigenvalue weighted by atomic mass is 32.1. The molecule has 0 bridgehead atoms. The van der Waals surface area contributed by atoms with E-state index in [0.29, 0.717) is 24.3 Å². The highest BCUT2D eigenvalue weighted by Gasteiger charge is 2.27. The van der Waals surface area contributed by atoms with Crippen molar-refractivity contribution in [3.63, 3.8) is 0 Å². The van der Waals surface area contributed by atoms with E-state index in [1.54, 1.807) is 31.6 Å². The maximum Gasteiger partial charge on any atom is 0.268 e. The van der Waals surface area contributed by atoms with Crippen LogP contribution in [-0.4, -0.2) is 51.5 Å². The highest BCUT2D eigenvalue weighted by Crippen LogP contribution is 2.26. The van der Waals surface area contributed by atoms with Crippen LogP contribution in [0.25, 0.3) is 10.9 Å². The Hall–Kier alpha value is -3.04. The number of benzene rings is 1. The molecule has 2 amide bonds. The summed E-state index contributed by atoms with van der Waals surface area (Å²) in [5, 5.41) is 16.5. The summed E-state index contributed by atoms with van der Waals surface area (Å²) < 4.78 is 5.36. The van der Waals surface area contributed by atoms with E-state index in [1.165, 1.54) is 0 Å². The number of hydrogen-bond donors (Lipinski definition) is 5. The lowest BCUT2D eigenvalue weighted by molar-refractivity contribution is -0.124. The minimum atomic E-state index is -1.08. The fourth-order valence-corrected chi connectivity index (χ4v) is 3.83. The summed E-state index contributed by atoms with van der Waals surface area (Å²) in [4.78, 5) is 33.2. The number of carbonyl (C=O) groups is 2. The van der Waals surface area contributed by atoms with Crippen LogP contribution in [0.2, 0.25) is 0 Å². The minimum Gasteiger partial charge on any atom is -0.496 e. The molecule has 1 aromatic carbocycles. The molecule has 0 unspecified atom stereocenters. The third-order valence-corrected chi connectivity index (χ3v) is 5.64. The van der Waals surface area contributed by atoms with Crippen LogP contribution in [0.5, 0.6) is 5.75 Å². The molecule has 0 radical (unpaired) electrons. The molecule has 0 saturated heterocycles. The van der Waals surface area contributed by atoms with E-state index in [-0.39, 0.29) is 11.8 Å². The Morgan fingerprint density at radius 2 is 2.00 bits per heavy atom. The maximum absolute atomic E-state index is 13.1. The number of rotatable bonds is 10. The second kappa shape index (κ2) is 11.2. The van der Waals surface area contributed by atoms with Crippen molar-refractivity contribution in [3.05, 3.63) is 60.0 Å². The summed E-state index contributed by atoms with van der Waals surface area (Å²) >= 11 is 4.13. The van der Waals surface area contributed by atoms with Gasteiger partial charge in [-0.1, -0.05) is 26.0 Å². The van der Waals surface area contributed by atoms with Crippen molar-refractivity contribution in [2.45, 2.75) is 44.2 Å². The average molecular weight is 471 g/mol. The third kappa shape index (κ3) is 6.49. The molecule has 176 valence electrons. The van der Waals surface area contributed by atoms with Crippen molar-refractivity contribution in [2.75, 3.05) is 7.11 Å². The molecule has 0 aliphatic rings.